The Balaban J connectivity index is 1.86. The van der Waals surface area contributed by atoms with Crippen molar-refractivity contribution >= 4 is 0 Å². The van der Waals surface area contributed by atoms with Gasteiger partial charge in [-0.05, 0) is 50.4 Å². The summed E-state index contributed by atoms with van der Waals surface area (Å²) in [5, 5.41) is 7.84. The van der Waals surface area contributed by atoms with Gasteiger partial charge in [0.05, 0.1) is 18.5 Å². The van der Waals surface area contributed by atoms with Crippen LogP contribution in [0.3, 0.4) is 0 Å². The molecule has 0 aliphatic carbocycles. The van der Waals surface area contributed by atoms with Crippen molar-refractivity contribution in [1.29, 1.82) is 0 Å². The maximum atomic E-state index is 5.00. The number of aromatic nitrogens is 2. The molecule has 0 unspecified atom stereocenters. The molecule has 0 aliphatic rings. The first kappa shape index (κ1) is 15.7. The molecular formula is C17H25N3O. The highest BCUT2D eigenvalue weighted by Crippen LogP contribution is 2.15. The molecule has 0 atom stereocenters. The Labute approximate surface area is 127 Å². The summed E-state index contributed by atoms with van der Waals surface area (Å²) in [5.74, 6) is 0. The first-order valence-electron chi connectivity index (χ1n) is 7.51. The van der Waals surface area contributed by atoms with Crippen LogP contribution in [0.15, 0.2) is 30.6 Å². The summed E-state index contributed by atoms with van der Waals surface area (Å²) in [6.45, 7) is 6.94. The number of nitrogens with zero attached hydrogens (tertiary/aromatic N) is 2. The fourth-order valence-corrected chi connectivity index (χ4v) is 2.40. The minimum absolute atomic E-state index is 0.768. The van der Waals surface area contributed by atoms with E-state index in [-0.39, 0.29) is 0 Å². The van der Waals surface area contributed by atoms with Crippen LogP contribution in [-0.4, -0.2) is 36.6 Å². The zero-order chi connectivity index (χ0) is 15.1. The highest BCUT2D eigenvalue weighted by molar-refractivity contribution is 5.42. The minimum Gasteiger partial charge on any atom is -0.383 e. The van der Waals surface area contributed by atoms with E-state index in [4.69, 9.17) is 4.74 Å². The topological polar surface area (TPSA) is 39.1 Å². The zero-order valence-electron chi connectivity index (χ0n) is 13.2. The van der Waals surface area contributed by atoms with Crippen molar-refractivity contribution in [1.82, 2.24) is 15.1 Å². The van der Waals surface area contributed by atoms with Crippen molar-refractivity contribution in [2.75, 3.05) is 26.8 Å². The number of rotatable bonds is 8. The highest BCUT2D eigenvalue weighted by atomic mass is 16.5. The second kappa shape index (κ2) is 7.96. The maximum Gasteiger partial charge on any atom is 0.0674 e. The van der Waals surface area contributed by atoms with Crippen LogP contribution in [0, 0.1) is 13.8 Å². The van der Waals surface area contributed by atoms with Gasteiger partial charge in [-0.25, -0.2) is 4.68 Å². The van der Waals surface area contributed by atoms with E-state index in [1.807, 2.05) is 10.9 Å². The van der Waals surface area contributed by atoms with E-state index in [0.717, 1.165) is 38.2 Å². The first-order valence-corrected chi connectivity index (χ1v) is 7.51. The predicted molar refractivity (Wildman–Crippen MR) is 86.1 cm³/mol. The Morgan fingerprint density at radius 1 is 1.24 bits per heavy atom. The molecule has 0 saturated heterocycles. The molecule has 1 aromatic heterocycles. The lowest BCUT2D eigenvalue weighted by Crippen LogP contribution is -2.20. The van der Waals surface area contributed by atoms with Crippen LogP contribution in [0.4, 0.5) is 0 Å². The molecule has 2 aromatic rings. The number of methoxy groups -OCH3 is 1. The van der Waals surface area contributed by atoms with Crippen molar-refractivity contribution in [2.45, 2.75) is 26.7 Å². The molecule has 0 aliphatic heterocycles. The summed E-state index contributed by atoms with van der Waals surface area (Å²) < 4.78 is 6.98. The van der Waals surface area contributed by atoms with Crippen LogP contribution in [0.5, 0.6) is 0 Å². The third-order valence-corrected chi connectivity index (χ3v) is 3.54. The summed E-state index contributed by atoms with van der Waals surface area (Å²) in [5.41, 5.74) is 4.98. The van der Waals surface area contributed by atoms with Gasteiger partial charge in [0.15, 0.2) is 0 Å². The van der Waals surface area contributed by atoms with Gasteiger partial charge in [0.1, 0.15) is 0 Å². The SMILES string of the molecule is COCCNCCCc1cnn(-c2ccc(C)cc2C)c1. The molecule has 1 aromatic carbocycles. The third-order valence-electron chi connectivity index (χ3n) is 3.54. The average Bonchev–Trinajstić information content (AvgIpc) is 2.91. The molecule has 114 valence electrons. The predicted octanol–water partition coefficient (Wildman–Crippen LogP) is 2.66. The van der Waals surface area contributed by atoms with Crippen LogP contribution in [0.25, 0.3) is 5.69 Å². The first-order chi connectivity index (χ1) is 10.2. The van der Waals surface area contributed by atoms with Crippen molar-refractivity contribution in [3.05, 3.63) is 47.3 Å². The van der Waals surface area contributed by atoms with Crippen molar-refractivity contribution in [2.24, 2.45) is 0 Å². The van der Waals surface area contributed by atoms with Gasteiger partial charge in [0, 0.05) is 19.9 Å². The summed E-state index contributed by atoms with van der Waals surface area (Å²) in [6, 6.07) is 6.45. The van der Waals surface area contributed by atoms with Gasteiger partial charge < -0.3 is 10.1 Å². The van der Waals surface area contributed by atoms with E-state index >= 15 is 0 Å². The molecule has 1 heterocycles. The van der Waals surface area contributed by atoms with E-state index in [9.17, 15) is 0 Å². The molecule has 4 nitrogen and oxygen atoms in total. The lowest BCUT2D eigenvalue weighted by Gasteiger charge is -2.06. The van der Waals surface area contributed by atoms with Crippen LogP contribution in [0.2, 0.25) is 0 Å². The molecule has 1 N–H and O–H groups in total. The summed E-state index contributed by atoms with van der Waals surface area (Å²) >= 11 is 0. The quantitative estimate of drug-likeness (QED) is 0.759. The third kappa shape index (κ3) is 4.69. The lowest BCUT2D eigenvalue weighted by molar-refractivity contribution is 0.199. The second-order valence-electron chi connectivity index (χ2n) is 5.43. The van der Waals surface area contributed by atoms with Crippen LogP contribution in [0.1, 0.15) is 23.1 Å². The Bertz CT molecular complexity index is 563. The fourth-order valence-electron chi connectivity index (χ4n) is 2.40. The van der Waals surface area contributed by atoms with E-state index in [1.54, 1.807) is 7.11 Å². The van der Waals surface area contributed by atoms with Crippen molar-refractivity contribution in [3.8, 4) is 5.69 Å². The number of hydrogen-bond acceptors (Lipinski definition) is 3. The molecule has 2 rings (SSSR count). The zero-order valence-corrected chi connectivity index (χ0v) is 13.2. The molecule has 0 bridgehead atoms. The van der Waals surface area contributed by atoms with Gasteiger partial charge >= 0.3 is 0 Å². The van der Waals surface area contributed by atoms with Crippen molar-refractivity contribution < 1.29 is 4.74 Å². The Hall–Kier alpha value is -1.65. The van der Waals surface area contributed by atoms with Crippen molar-refractivity contribution in [3.63, 3.8) is 0 Å². The number of aryl methyl sites for hydroxylation is 3. The highest BCUT2D eigenvalue weighted by Gasteiger charge is 2.04. The van der Waals surface area contributed by atoms with Crippen LogP contribution in [-0.2, 0) is 11.2 Å². The molecule has 0 fully saturated rings. The number of ether oxygens (including phenoxy) is 1. The molecule has 0 saturated carbocycles. The summed E-state index contributed by atoms with van der Waals surface area (Å²) in [7, 11) is 1.73. The molecule has 0 spiro atoms. The van der Waals surface area contributed by atoms with Gasteiger partial charge in [0.25, 0.3) is 0 Å². The van der Waals surface area contributed by atoms with E-state index in [1.165, 1.54) is 16.7 Å². The van der Waals surface area contributed by atoms with E-state index in [0.29, 0.717) is 0 Å². The van der Waals surface area contributed by atoms with E-state index < -0.39 is 0 Å². The molecular weight excluding hydrogens is 262 g/mol. The molecule has 21 heavy (non-hydrogen) atoms. The van der Waals surface area contributed by atoms with Crippen LogP contribution < -0.4 is 5.32 Å². The Morgan fingerprint density at radius 3 is 2.86 bits per heavy atom. The van der Waals surface area contributed by atoms with Gasteiger partial charge in [-0.1, -0.05) is 17.7 Å². The normalized spacial score (nSPS) is 11.0. The van der Waals surface area contributed by atoms with Gasteiger partial charge in [-0.3, -0.25) is 0 Å². The standard InChI is InChI=1S/C17H25N3O/c1-14-6-7-17(15(2)11-14)20-13-16(12-19-20)5-4-8-18-9-10-21-3/h6-7,11-13,18H,4-5,8-10H2,1-3H3. The minimum atomic E-state index is 0.768. The van der Waals surface area contributed by atoms with Crippen LogP contribution >= 0.6 is 0 Å². The summed E-state index contributed by atoms with van der Waals surface area (Å²) in [4.78, 5) is 0. The maximum absolute atomic E-state index is 5.00. The Morgan fingerprint density at radius 2 is 2.10 bits per heavy atom. The van der Waals surface area contributed by atoms with Gasteiger partial charge in [-0.15, -0.1) is 0 Å². The molecule has 0 radical (unpaired) electrons. The molecule has 4 heteroatoms. The fraction of sp³-hybridized carbons (Fsp3) is 0.471. The number of benzene rings is 1. The average molecular weight is 287 g/mol. The van der Waals surface area contributed by atoms with Gasteiger partial charge in [0.2, 0.25) is 0 Å². The number of hydrogen-bond donors (Lipinski definition) is 1. The molecule has 0 amide bonds. The van der Waals surface area contributed by atoms with E-state index in [2.05, 4.69) is 48.7 Å². The van der Waals surface area contributed by atoms with Gasteiger partial charge in [-0.2, -0.15) is 5.10 Å². The lowest BCUT2D eigenvalue weighted by atomic mass is 10.1. The summed E-state index contributed by atoms with van der Waals surface area (Å²) in [6.07, 6.45) is 6.26. The largest absolute Gasteiger partial charge is 0.383 e. The second-order valence-corrected chi connectivity index (χ2v) is 5.43. The number of nitrogens with one attached hydrogen (secondary N) is 1. The Kier molecular flexibility index (Phi) is 5.96. The monoisotopic (exact) mass is 287 g/mol. The smallest absolute Gasteiger partial charge is 0.0674 e.